The predicted molar refractivity (Wildman–Crippen MR) is 85.0 cm³/mol. The van der Waals surface area contributed by atoms with Crippen molar-refractivity contribution >= 4 is 29.1 Å². The molecule has 1 aliphatic rings. The predicted octanol–water partition coefficient (Wildman–Crippen LogP) is 3.83. The monoisotopic (exact) mass is 355 g/mol. The molecule has 0 atom stereocenters. The lowest BCUT2D eigenvalue weighted by Crippen LogP contribution is -2.23. The van der Waals surface area contributed by atoms with Gasteiger partial charge >= 0.3 is 0 Å². The van der Waals surface area contributed by atoms with E-state index in [1.807, 2.05) is 6.07 Å². The van der Waals surface area contributed by atoms with Crippen LogP contribution in [0.25, 0.3) is 0 Å². The lowest BCUT2D eigenvalue weighted by atomic mass is 10.1. The molecule has 2 aromatic carbocycles. The summed E-state index contributed by atoms with van der Waals surface area (Å²) in [6.45, 7) is 1.25. The summed E-state index contributed by atoms with van der Waals surface area (Å²) in [5.41, 5.74) is 0.860. The highest BCUT2D eigenvalue weighted by Gasteiger charge is 2.15. The SMILES string of the molecule is O=C(NCc1ccc2c(c1)OCCO2)c1cc(F)c(Cl)cc1Cl. The number of benzene rings is 2. The molecule has 2 aromatic rings. The van der Waals surface area contributed by atoms with E-state index in [1.54, 1.807) is 12.1 Å². The Morgan fingerprint density at radius 2 is 1.83 bits per heavy atom. The maximum atomic E-state index is 13.5. The van der Waals surface area contributed by atoms with Crippen molar-refractivity contribution in [3.63, 3.8) is 0 Å². The van der Waals surface area contributed by atoms with Crippen LogP contribution in [0.3, 0.4) is 0 Å². The molecule has 23 heavy (non-hydrogen) atoms. The average molecular weight is 356 g/mol. The lowest BCUT2D eigenvalue weighted by molar-refractivity contribution is 0.0950. The molecule has 0 aliphatic carbocycles. The van der Waals surface area contributed by atoms with E-state index < -0.39 is 11.7 Å². The average Bonchev–Trinajstić information content (AvgIpc) is 2.55. The Morgan fingerprint density at radius 1 is 1.09 bits per heavy atom. The van der Waals surface area contributed by atoms with Crippen molar-refractivity contribution in [2.75, 3.05) is 13.2 Å². The van der Waals surface area contributed by atoms with Gasteiger partial charge < -0.3 is 14.8 Å². The summed E-state index contributed by atoms with van der Waals surface area (Å²) < 4.78 is 24.4. The van der Waals surface area contributed by atoms with Crippen LogP contribution in [0.15, 0.2) is 30.3 Å². The van der Waals surface area contributed by atoms with Crippen molar-refractivity contribution in [3.05, 3.63) is 57.3 Å². The topological polar surface area (TPSA) is 47.6 Å². The number of amides is 1. The van der Waals surface area contributed by atoms with Gasteiger partial charge in [0.15, 0.2) is 11.5 Å². The quantitative estimate of drug-likeness (QED) is 0.851. The molecule has 1 amide bonds. The Kier molecular flexibility index (Phi) is 4.59. The third-order valence-corrected chi connectivity index (χ3v) is 3.92. The fourth-order valence-electron chi connectivity index (χ4n) is 2.17. The minimum absolute atomic E-state index is 0.0334. The molecular weight excluding hydrogens is 344 g/mol. The summed E-state index contributed by atoms with van der Waals surface area (Å²) in [4.78, 5) is 12.1. The van der Waals surface area contributed by atoms with Crippen LogP contribution in [0.1, 0.15) is 15.9 Å². The summed E-state index contributed by atoms with van der Waals surface area (Å²) in [6, 6.07) is 7.61. The van der Waals surface area contributed by atoms with Crippen molar-refractivity contribution < 1.29 is 18.7 Å². The number of hydrogen-bond acceptors (Lipinski definition) is 3. The van der Waals surface area contributed by atoms with Crippen LogP contribution in [0.2, 0.25) is 10.0 Å². The van der Waals surface area contributed by atoms with Crippen LogP contribution < -0.4 is 14.8 Å². The van der Waals surface area contributed by atoms with Crippen molar-refractivity contribution in [2.45, 2.75) is 6.54 Å². The second-order valence-corrected chi connectivity index (χ2v) is 5.72. The van der Waals surface area contributed by atoms with E-state index in [-0.39, 0.29) is 22.2 Å². The zero-order chi connectivity index (χ0) is 16.4. The van der Waals surface area contributed by atoms with Crippen molar-refractivity contribution in [3.8, 4) is 11.5 Å². The van der Waals surface area contributed by atoms with Crippen LogP contribution in [0, 0.1) is 5.82 Å². The molecule has 1 heterocycles. The van der Waals surface area contributed by atoms with E-state index in [2.05, 4.69) is 5.32 Å². The highest BCUT2D eigenvalue weighted by atomic mass is 35.5. The van der Waals surface area contributed by atoms with Crippen LogP contribution in [-0.2, 0) is 6.54 Å². The van der Waals surface area contributed by atoms with Gasteiger partial charge in [0.1, 0.15) is 19.0 Å². The number of nitrogens with one attached hydrogen (secondary N) is 1. The van der Waals surface area contributed by atoms with Crippen molar-refractivity contribution in [2.24, 2.45) is 0 Å². The lowest BCUT2D eigenvalue weighted by Gasteiger charge is -2.19. The normalized spacial score (nSPS) is 12.8. The molecule has 0 unspecified atom stereocenters. The highest BCUT2D eigenvalue weighted by Crippen LogP contribution is 2.30. The first kappa shape index (κ1) is 15.9. The van der Waals surface area contributed by atoms with Crippen LogP contribution in [0.4, 0.5) is 4.39 Å². The molecule has 0 aromatic heterocycles. The number of hydrogen-bond donors (Lipinski definition) is 1. The van der Waals surface area contributed by atoms with Crippen molar-refractivity contribution in [1.82, 2.24) is 5.32 Å². The number of halogens is 3. The van der Waals surface area contributed by atoms with Gasteiger partial charge in [-0.2, -0.15) is 0 Å². The van der Waals surface area contributed by atoms with Gasteiger partial charge in [-0.3, -0.25) is 4.79 Å². The molecule has 120 valence electrons. The molecule has 3 rings (SSSR count). The molecule has 1 N–H and O–H groups in total. The Morgan fingerprint density at radius 3 is 2.61 bits per heavy atom. The maximum Gasteiger partial charge on any atom is 0.253 e. The second kappa shape index (κ2) is 6.64. The minimum Gasteiger partial charge on any atom is -0.486 e. The summed E-state index contributed by atoms with van der Waals surface area (Å²) in [5, 5.41) is 2.65. The van der Waals surface area contributed by atoms with Gasteiger partial charge in [0.25, 0.3) is 5.91 Å². The molecule has 1 aliphatic heterocycles. The maximum absolute atomic E-state index is 13.5. The fraction of sp³-hybridized carbons (Fsp3) is 0.188. The Balaban J connectivity index is 1.71. The van der Waals surface area contributed by atoms with Gasteiger partial charge in [0, 0.05) is 6.54 Å². The smallest absolute Gasteiger partial charge is 0.253 e. The van der Waals surface area contributed by atoms with Crippen molar-refractivity contribution in [1.29, 1.82) is 0 Å². The van der Waals surface area contributed by atoms with E-state index >= 15 is 0 Å². The first-order valence-corrected chi connectivity index (χ1v) is 7.61. The third kappa shape index (κ3) is 3.51. The number of rotatable bonds is 3. The molecule has 0 radical (unpaired) electrons. The highest BCUT2D eigenvalue weighted by molar-refractivity contribution is 6.36. The zero-order valence-electron chi connectivity index (χ0n) is 11.9. The van der Waals surface area contributed by atoms with E-state index in [1.165, 1.54) is 6.07 Å². The molecule has 0 spiro atoms. The zero-order valence-corrected chi connectivity index (χ0v) is 13.4. The van der Waals surface area contributed by atoms with Crippen LogP contribution >= 0.6 is 23.2 Å². The van der Waals surface area contributed by atoms with Gasteiger partial charge in [0.05, 0.1) is 15.6 Å². The Hall–Kier alpha value is -1.98. The standard InChI is InChI=1S/C16H12Cl2FNO3/c17-11-7-12(18)13(19)6-10(11)16(21)20-8-9-1-2-14-15(5-9)23-4-3-22-14/h1-2,5-7H,3-4,8H2,(H,20,21). The second-order valence-electron chi connectivity index (χ2n) is 4.91. The largest absolute Gasteiger partial charge is 0.486 e. The van der Waals surface area contributed by atoms with E-state index in [9.17, 15) is 9.18 Å². The molecule has 7 heteroatoms. The Labute approximate surface area is 142 Å². The van der Waals surface area contributed by atoms with Crippen LogP contribution in [-0.4, -0.2) is 19.1 Å². The number of carbonyl (C=O) groups is 1. The third-order valence-electron chi connectivity index (χ3n) is 3.31. The summed E-state index contributed by atoms with van der Waals surface area (Å²) >= 11 is 11.5. The first-order valence-electron chi connectivity index (χ1n) is 6.86. The molecule has 0 saturated heterocycles. The van der Waals surface area contributed by atoms with E-state index in [4.69, 9.17) is 32.7 Å². The van der Waals surface area contributed by atoms with Gasteiger partial charge in [-0.05, 0) is 29.8 Å². The molecule has 4 nitrogen and oxygen atoms in total. The number of carbonyl (C=O) groups excluding carboxylic acids is 1. The molecule has 0 bridgehead atoms. The first-order chi connectivity index (χ1) is 11.0. The van der Waals surface area contributed by atoms with E-state index in [0.29, 0.717) is 24.7 Å². The molecule has 0 saturated carbocycles. The van der Waals surface area contributed by atoms with Crippen LogP contribution in [0.5, 0.6) is 11.5 Å². The molecule has 0 fully saturated rings. The fourth-order valence-corrected chi connectivity index (χ4v) is 2.64. The number of fused-ring (bicyclic) bond motifs is 1. The van der Waals surface area contributed by atoms with Gasteiger partial charge in [-0.1, -0.05) is 29.3 Å². The summed E-state index contributed by atoms with van der Waals surface area (Å²) in [7, 11) is 0. The molecular formula is C16H12Cl2FNO3. The van der Waals surface area contributed by atoms with Gasteiger partial charge in [0.2, 0.25) is 0 Å². The summed E-state index contributed by atoms with van der Waals surface area (Å²) in [5.74, 6) is 0.133. The van der Waals surface area contributed by atoms with E-state index in [0.717, 1.165) is 11.6 Å². The summed E-state index contributed by atoms with van der Waals surface area (Å²) in [6.07, 6.45) is 0. The minimum atomic E-state index is -0.694. The van der Waals surface area contributed by atoms with Gasteiger partial charge in [-0.25, -0.2) is 4.39 Å². The number of ether oxygens (including phenoxy) is 2. The van der Waals surface area contributed by atoms with Gasteiger partial charge in [-0.15, -0.1) is 0 Å². The Bertz CT molecular complexity index is 767.